The molecule has 0 radical (unpaired) electrons. The lowest BCUT2D eigenvalue weighted by atomic mass is 10.1. The molecule has 0 saturated carbocycles. The number of hydrogen-bond donors (Lipinski definition) is 1. The summed E-state index contributed by atoms with van der Waals surface area (Å²) in [4.78, 5) is 16.2. The molecule has 0 spiro atoms. The van der Waals surface area contributed by atoms with Crippen LogP contribution in [0.15, 0.2) is 18.2 Å². The summed E-state index contributed by atoms with van der Waals surface area (Å²) in [7, 11) is 0. The summed E-state index contributed by atoms with van der Waals surface area (Å²) in [5.74, 6) is 0.734. The molecule has 108 valence electrons. The van der Waals surface area contributed by atoms with Crippen LogP contribution in [0.2, 0.25) is 0 Å². The van der Waals surface area contributed by atoms with E-state index in [2.05, 4.69) is 4.90 Å². The first-order valence-corrected chi connectivity index (χ1v) is 7.22. The summed E-state index contributed by atoms with van der Waals surface area (Å²) in [6.45, 7) is 3.88. The summed E-state index contributed by atoms with van der Waals surface area (Å²) < 4.78 is 5.37. The lowest BCUT2D eigenvalue weighted by Crippen LogP contribution is -2.44. The van der Waals surface area contributed by atoms with Crippen molar-refractivity contribution < 1.29 is 14.6 Å². The van der Waals surface area contributed by atoms with Crippen molar-refractivity contribution in [3.8, 4) is 11.5 Å². The highest BCUT2D eigenvalue weighted by Gasteiger charge is 2.26. The normalized spacial score (nSPS) is 19.6. The fourth-order valence-corrected chi connectivity index (χ4v) is 2.86. The van der Waals surface area contributed by atoms with E-state index in [-0.39, 0.29) is 18.3 Å². The Morgan fingerprint density at radius 2 is 1.95 bits per heavy atom. The van der Waals surface area contributed by atoms with E-state index in [0.717, 1.165) is 25.3 Å². The highest BCUT2D eigenvalue weighted by atomic mass is 16.5. The van der Waals surface area contributed by atoms with Crippen LogP contribution in [0.4, 0.5) is 5.69 Å². The number of benzene rings is 1. The molecular weight excluding hydrogens is 256 g/mol. The minimum Gasteiger partial charge on any atom is -0.508 e. The Morgan fingerprint density at radius 1 is 1.15 bits per heavy atom. The smallest absolute Gasteiger partial charge is 0.265 e. The van der Waals surface area contributed by atoms with Crippen molar-refractivity contribution in [1.29, 1.82) is 0 Å². The van der Waals surface area contributed by atoms with E-state index in [1.165, 1.54) is 19.3 Å². The van der Waals surface area contributed by atoms with E-state index in [9.17, 15) is 9.90 Å². The first kappa shape index (κ1) is 13.2. The van der Waals surface area contributed by atoms with Crippen LogP contribution in [0.5, 0.6) is 11.5 Å². The lowest BCUT2D eigenvalue weighted by Gasteiger charge is -2.33. The number of phenols is 1. The maximum atomic E-state index is 12.0. The fraction of sp³-hybridized carbons (Fsp3) is 0.533. The molecular formula is C15H20N2O3. The number of hydrogen-bond acceptors (Lipinski definition) is 4. The van der Waals surface area contributed by atoms with Gasteiger partial charge in [0.1, 0.15) is 11.5 Å². The van der Waals surface area contributed by atoms with E-state index in [1.807, 2.05) is 0 Å². The van der Waals surface area contributed by atoms with Crippen LogP contribution in [-0.4, -0.2) is 48.7 Å². The predicted molar refractivity (Wildman–Crippen MR) is 76.2 cm³/mol. The molecule has 0 unspecified atom stereocenters. The average molecular weight is 276 g/mol. The quantitative estimate of drug-likeness (QED) is 0.911. The van der Waals surface area contributed by atoms with E-state index in [1.54, 1.807) is 23.1 Å². The third-order valence-electron chi connectivity index (χ3n) is 3.97. The van der Waals surface area contributed by atoms with E-state index in [0.29, 0.717) is 12.3 Å². The molecule has 0 aliphatic carbocycles. The van der Waals surface area contributed by atoms with Gasteiger partial charge in [-0.2, -0.15) is 0 Å². The molecule has 5 heteroatoms. The number of nitrogens with zero attached hydrogens (tertiary/aromatic N) is 2. The molecule has 2 aliphatic heterocycles. The number of carbonyl (C=O) groups is 1. The van der Waals surface area contributed by atoms with Crippen molar-refractivity contribution in [1.82, 2.24) is 4.90 Å². The van der Waals surface area contributed by atoms with Crippen LogP contribution in [0.25, 0.3) is 0 Å². The van der Waals surface area contributed by atoms with E-state index < -0.39 is 0 Å². The van der Waals surface area contributed by atoms with Crippen molar-refractivity contribution >= 4 is 11.6 Å². The minimum atomic E-state index is -0.0137. The molecule has 0 atom stereocenters. The highest BCUT2D eigenvalue weighted by Crippen LogP contribution is 2.34. The Balaban J connectivity index is 1.70. The number of anilines is 1. The molecule has 2 aliphatic rings. The van der Waals surface area contributed by atoms with Gasteiger partial charge in [-0.3, -0.25) is 4.79 Å². The Hall–Kier alpha value is -1.75. The monoisotopic (exact) mass is 276 g/mol. The van der Waals surface area contributed by atoms with Crippen LogP contribution in [0.1, 0.15) is 19.3 Å². The van der Waals surface area contributed by atoms with Crippen LogP contribution < -0.4 is 9.64 Å². The molecule has 0 aromatic heterocycles. The molecule has 20 heavy (non-hydrogen) atoms. The van der Waals surface area contributed by atoms with Crippen molar-refractivity contribution in [3.63, 3.8) is 0 Å². The zero-order chi connectivity index (χ0) is 13.9. The van der Waals surface area contributed by atoms with Gasteiger partial charge in [-0.25, -0.2) is 0 Å². The van der Waals surface area contributed by atoms with Crippen molar-refractivity contribution in [2.45, 2.75) is 19.3 Å². The third-order valence-corrected chi connectivity index (χ3v) is 3.97. The molecule has 1 N–H and O–H groups in total. The Morgan fingerprint density at radius 3 is 2.75 bits per heavy atom. The maximum absolute atomic E-state index is 12.0. The van der Waals surface area contributed by atoms with E-state index in [4.69, 9.17) is 4.74 Å². The van der Waals surface area contributed by atoms with Gasteiger partial charge < -0.3 is 19.6 Å². The molecule has 1 amide bonds. The first-order chi connectivity index (χ1) is 9.74. The number of amides is 1. The lowest BCUT2D eigenvalue weighted by molar-refractivity contribution is -0.121. The molecule has 1 aromatic rings. The molecule has 3 rings (SSSR count). The number of fused-ring (bicyclic) bond motifs is 1. The van der Waals surface area contributed by atoms with Crippen molar-refractivity contribution in [3.05, 3.63) is 18.2 Å². The van der Waals surface area contributed by atoms with Crippen LogP contribution in [0, 0.1) is 0 Å². The maximum Gasteiger partial charge on any atom is 0.265 e. The largest absolute Gasteiger partial charge is 0.508 e. The third kappa shape index (κ3) is 2.72. The molecule has 1 aromatic carbocycles. The summed E-state index contributed by atoms with van der Waals surface area (Å²) in [5.41, 5.74) is 0.760. The zero-order valence-corrected chi connectivity index (χ0v) is 11.5. The number of carbonyl (C=O) groups excluding carboxylic acids is 1. The second kappa shape index (κ2) is 5.71. The van der Waals surface area contributed by atoms with Gasteiger partial charge in [0.15, 0.2) is 6.61 Å². The van der Waals surface area contributed by atoms with Gasteiger partial charge in [0.2, 0.25) is 0 Å². The summed E-state index contributed by atoms with van der Waals surface area (Å²) in [5, 5.41) is 9.48. The molecule has 1 fully saturated rings. The number of aromatic hydroxyl groups is 1. The van der Waals surface area contributed by atoms with Gasteiger partial charge in [0.05, 0.1) is 5.69 Å². The highest BCUT2D eigenvalue weighted by molar-refractivity contribution is 5.97. The van der Waals surface area contributed by atoms with Gasteiger partial charge >= 0.3 is 0 Å². The molecule has 5 nitrogen and oxygen atoms in total. The van der Waals surface area contributed by atoms with E-state index >= 15 is 0 Å². The SMILES string of the molecule is O=C1COc2cc(O)ccc2N1CCN1CCCCC1. The molecule has 0 bridgehead atoms. The Bertz CT molecular complexity index is 498. The van der Waals surface area contributed by atoms with Crippen LogP contribution >= 0.6 is 0 Å². The first-order valence-electron chi connectivity index (χ1n) is 7.22. The molecule has 2 heterocycles. The van der Waals surface area contributed by atoms with Gasteiger partial charge in [-0.1, -0.05) is 6.42 Å². The summed E-state index contributed by atoms with van der Waals surface area (Å²) in [6, 6.07) is 4.91. The summed E-state index contributed by atoms with van der Waals surface area (Å²) in [6.07, 6.45) is 3.82. The van der Waals surface area contributed by atoms with Gasteiger partial charge in [0.25, 0.3) is 5.91 Å². The van der Waals surface area contributed by atoms with Gasteiger partial charge in [0, 0.05) is 19.2 Å². The summed E-state index contributed by atoms with van der Waals surface area (Å²) >= 11 is 0. The topological polar surface area (TPSA) is 53.0 Å². The standard InChI is InChI=1S/C15H20N2O3/c18-12-4-5-13-14(10-12)20-11-15(19)17(13)9-8-16-6-2-1-3-7-16/h4-5,10,18H,1-3,6-9,11H2. The van der Waals surface area contributed by atoms with Crippen molar-refractivity contribution in [2.24, 2.45) is 0 Å². The van der Waals surface area contributed by atoms with Gasteiger partial charge in [-0.05, 0) is 38.1 Å². The zero-order valence-electron chi connectivity index (χ0n) is 11.5. The Kier molecular flexibility index (Phi) is 3.78. The van der Waals surface area contributed by atoms with Gasteiger partial charge in [-0.15, -0.1) is 0 Å². The second-order valence-corrected chi connectivity index (χ2v) is 5.39. The Labute approximate surface area is 118 Å². The van der Waals surface area contributed by atoms with Crippen molar-refractivity contribution in [2.75, 3.05) is 37.7 Å². The molecule has 1 saturated heterocycles. The fourth-order valence-electron chi connectivity index (χ4n) is 2.86. The second-order valence-electron chi connectivity index (χ2n) is 5.39. The number of ether oxygens (including phenoxy) is 1. The number of piperidine rings is 1. The number of phenolic OH excluding ortho intramolecular Hbond substituents is 1. The average Bonchev–Trinajstić information content (AvgIpc) is 2.47. The number of likely N-dealkylation sites (tertiary alicyclic amines) is 1. The number of rotatable bonds is 3. The van der Waals surface area contributed by atoms with Crippen LogP contribution in [0.3, 0.4) is 0 Å². The van der Waals surface area contributed by atoms with Crippen LogP contribution in [-0.2, 0) is 4.79 Å². The minimum absolute atomic E-state index is 0.0137. The predicted octanol–water partition coefficient (Wildman–Crippen LogP) is 1.60.